The summed E-state index contributed by atoms with van der Waals surface area (Å²) in [5.41, 5.74) is 0.126. The van der Waals surface area contributed by atoms with Crippen LogP contribution in [0.15, 0.2) is 30.3 Å². The first-order chi connectivity index (χ1) is 15.0. The van der Waals surface area contributed by atoms with Gasteiger partial charge in [0.05, 0.1) is 12.1 Å². The lowest BCUT2D eigenvalue weighted by molar-refractivity contribution is -0.151. The van der Waals surface area contributed by atoms with Crippen molar-refractivity contribution in [3.63, 3.8) is 0 Å². The first-order valence-corrected chi connectivity index (χ1v) is 10.4. The van der Waals surface area contributed by atoms with Gasteiger partial charge >= 0.3 is 24.0 Å². The summed E-state index contributed by atoms with van der Waals surface area (Å²) in [4.78, 5) is 51.8. The molecule has 1 saturated heterocycles. The number of carbonyl (C=O) groups is 4. The van der Waals surface area contributed by atoms with E-state index in [1.54, 1.807) is 20.8 Å². The average molecular weight is 449 g/mol. The molecule has 10 nitrogen and oxygen atoms in total. The predicted octanol–water partition coefficient (Wildman–Crippen LogP) is 1.50. The molecule has 0 aromatic heterocycles. The van der Waals surface area contributed by atoms with Gasteiger partial charge in [-0.2, -0.15) is 0 Å². The van der Waals surface area contributed by atoms with Gasteiger partial charge in [-0.05, 0) is 32.8 Å². The smallest absolute Gasteiger partial charge is 0.408 e. The molecule has 1 heterocycles. The van der Waals surface area contributed by atoms with Crippen molar-refractivity contribution in [1.82, 2.24) is 20.4 Å². The second-order valence-corrected chi connectivity index (χ2v) is 8.80. The van der Waals surface area contributed by atoms with Crippen LogP contribution in [0.25, 0.3) is 0 Å². The zero-order valence-electron chi connectivity index (χ0n) is 19.2. The molecule has 1 aromatic rings. The molecule has 1 aliphatic heterocycles. The van der Waals surface area contributed by atoms with Crippen LogP contribution in [0.5, 0.6) is 0 Å². The maximum Gasteiger partial charge on any atom is 0.408 e. The number of likely N-dealkylation sites (N-methyl/N-ethyl adjacent to an activating group) is 1. The minimum Gasteiger partial charge on any atom is -0.445 e. The summed E-state index contributed by atoms with van der Waals surface area (Å²) in [6, 6.07) is 8.06. The van der Waals surface area contributed by atoms with Crippen LogP contribution >= 0.6 is 0 Å². The van der Waals surface area contributed by atoms with Crippen molar-refractivity contribution in [3.05, 3.63) is 35.9 Å². The molecule has 1 aliphatic rings. The van der Waals surface area contributed by atoms with Gasteiger partial charge in [0.2, 0.25) is 0 Å². The molecule has 0 spiro atoms. The number of piperidine rings is 1. The lowest BCUT2D eigenvalue weighted by Gasteiger charge is -2.39. The molecule has 32 heavy (non-hydrogen) atoms. The van der Waals surface area contributed by atoms with Crippen LogP contribution in [0.2, 0.25) is 0 Å². The summed E-state index contributed by atoms with van der Waals surface area (Å²) in [7, 11) is 2.99. The topological polar surface area (TPSA) is 117 Å². The third-order valence-corrected chi connectivity index (χ3v) is 4.71. The number of amides is 4. The van der Waals surface area contributed by atoms with E-state index in [2.05, 4.69) is 10.6 Å². The maximum atomic E-state index is 12.5. The highest BCUT2D eigenvalue weighted by Gasteiger charge is 2.36. The van der Waals surface area contributed by atoms with E-state index in [4.69, 9.17) is 9.47 Å². The second kappa shape index (κ2) is 10.8. The van der Waals surface area contributed by atoms with Crippen molar-refractivity contribution in [2.75, 3.05) is 27.2 Å². The van der Waals surface area contributed by atoms with Crippen molar-refractivity contribution >= 4 is 24.0 Å². The quantitative estimate of drug-likeness (QED) is 0.674. The van der Waals surface area contributed by atoms with Crippen LogP contribution < -0.4 is 10.6 Å². The van der Waals surface area contributed by atoms with Crippen molar-refractivity contribution in [2.24, 2.45) is 0 Å². The molecule has 2 rings (SSSR count). The lowest BCUT2D eigenvalue weighted by atomic mass is 9.99. The van der Waals surface area contributed by atoms with Gasteiger partial charge in [0.25, 0.3) is 0 Å². The van der Waals surface area contributed by atoms with Gasteiger partial charge in [-0.25, -0.2) is 9.59 Å². The van der Waals surface area contributed by atoms with E-state index in [9.17, 15) is 19.2 Å². The predicted molar refractivity (Wildman–Crippen MR) is 117 cm³/mol. The number of likely N-dealkylation sites (tertiary alicyclic amines) is 1. The molecule has 0 radical (unpaired) electrons. The second-order valence-electron chi connectivity index (χ2n) is 8.80. The molecule has 0 saturated carbocycles. The Balaban J connectivity index is 2.04. The highest BCUT2D eigenvalue weighted by Crippen LogP contribution is 2.15. The molecule has 1 fully saturated rings. The normalized spacial score (nSPS) is 18.3. The number of benzene rings is 1. The van der Waals surface area contributed by atoms with Crippen molar-refractivity contribution in [1.29, 1.82) is 0 Å². The number of rotatable bonds is 4. The molecular formula is C22H32N4O6. The van der Waals surface area contributed by atoms with E-state index in [0.717, 1.165) is 5.56 Å². The summed E-state index contributed by atoms with van der Waals surface area (Å²) in [6.45, 7) is 5.59. The van der Waals surface area contributed by atoms with Gasteiger partial charge in [0.1, 0.15) is 12.2 Å². The van der Waals surface area contributed by atoms with Crippen molar-refractivity contribution in [2.45, 2.75) is 51.5 Å². The van der Waals surface area contributed by atoms with Gasteiger partial charge < -0.3 is 29.9 Å². The van der Waals surface area contributed by atoms with E-state index in [1.165, 1.54) is 23.9 Å². The van der Waals surface area contributed by atoms with Crippen LogP contribution in [0.1, 0.15) is 32.8 Å². The van der Waals surface area contributed by atoms with Gasteiger partial charge in [0, 0.05) is 27.2 Å². The largest absolute Gasteiger partial charge is 0.445 e. The molecule has 2 N–H and O–H groups in total. The number of hydrogen-bond acceptors (Lipinski definition) is 6. The minimum atomic E-state index is -0.716. The molecule has 2 atom stereocenters. The molecule has 10 heteroatoms. The van der Waals surface area contributed by atoms with Crippen LogP contribution in [0.3, 0.4) is 0 Å². The summed E-state index contributed by atoms with van der Waals surface area (Å²) < 4.78 is 10.6. The third-order valence-electron chi connectivity index (χ3n) is 4.71. The minimum absolute atomic E-state index is 0.0429. The van der Waals surface area contributed by atoms with Crippen molar-refractivity contribution in [3.8, 4) is 0 Å². The highest BCUT2D eigenvalue weighted by atomic mass is 16.6. The van der Waals surface area contributed by atoms with E-state index < -0.39 is 41.7 Å². The van der Waals surface area contributed by atoms with E-state index >= 15 is 0 Å². The standard InChI is InChI=1S/C22H32N4O6/c1-22(2,3)32-21(30)24-17-13-26(19(28)18(27)25(4)5)12-11-16(17)23-20(29)31-14-15-9-7-6-8-10-15/h6-10,16-17H,11-14H2,1-5H3,(H,23,29)(H,24,30)/t16-,17+/m0/s1. The van der Waals surface area contributed by atoms with Crippen LogP contribution in [-0.4, -0.2) is 78.7 Å². The Labute approximate surface area is 188 Å². The Morgan fingerprint density at radius 2 is 1.66 bits per heavy atom. The average Bonchev–Trinajstić information content (AvgIpc) is 2.71. The molecule has 0 bridgehead atoms. The summed E-state index contributed by atoms with van der Waals surface area (Å²) in [6.07, 6.45) is -0.993. The Kier molecular flexibility index (Phi) is 8.45. The Bertz CT molecular complexity index is 821. The number of nitrogens with zero attached hydrogens (tertiary/aromatic N) is 2. The van der Waals surface area contributed by atoms with Gasteiger partial charge in [0.15, 0.2) is 0 Å². The zero-order valence-corrected chi connectivity index (χ0v) is 19.2. The Morgan fingerprint density at radius 3 is 2.25 bits per heavy atom. The summed E-state index contributed by atoms with van der Waals surface area (Å²) in [5, 5.41) is 5.46. The first-order valence-electron chi connectivity index (χ1n) is 10.4. The van der Waals surface area contributed by atoms with Gasteiger partial charge in [-0.15, -0.1) is 0 Å². The molecule has 4 amide bonds. The molecule has 0 unspecified atom stereocenters. The number of hydrogen-bond donors (Lipinski definition) is 2. The van der Waals surface area contributed by atoms with Gasteiger partial charge in [-0.1, -0.05) is 30.3 Å². The lowest BCUT2D eigenvalue weighted by Crippen LogP contribution is -2.62. The molecule has 1 aromatic carbocycles. The number of ether oxygens (including phenoxy) is 2. The SMILES string of the molecule is CN(C)C(=O)C(=O)N1CC[C@H](NC(=O)OCc2ccccc2)[C@H](NC(=O)OC(C)(C)C)C1. The maximum absolute atomic E-state index is 12.5. The Hall–Kier alpha value is -3.30. The zero-order chi connectivity index (χ0) is 23.9. The van der Waals surface area contributed by atoms with Crippen molar-refractivity contribution < 1.29 is 28.7 Å². The Morgan fingerprint density at radius 1 is 1.03 bits per heavy atom. The van der Waals surface area contributed by atoms with E-state index in [0.29, 0.717) is 6.42 Å². The molecular weight excluding hydrogens is 416 g/mol. The van der Waals surface area contributed by atoms with Crippen LogP contribution in [0, 0.1) is 0 Å². The van der Waals surface area contributed by atoms with Crippen LogP contribution in [0.4, 0.5) is 9.59 Å². The van der Waals surface area contributed by atoms with Crippen LogP contribution in [-0.2, 0) is 25.7 Å². The number of alkyl carbamates (subject to hydrolysis) is 2. The number of nitrogens with one attached hydrogen (secondary N) is 2. The van der Waals surface area contributed by atoms with Gasteiger partial charge in [-0.3, -0.25) is 9.59 Å². The molecule has 176 valence electrons. The number of carbonyl (C=O) groups excluding carboxylic acids is 4. The summed E-state index contributed by atoms with van der Waals surface area (Å²) in [5.74, 6) is -1.33. The van der Waals surface area contributed by atoms with E-state index in [-0.39, 0.29) is 19.7 Å². The third kappa shape index (κ3) is 7.75. The fraction of sp³-hybridized carbons (Fsp3) is 0.545. The fourth-order valence-electron chi connectivity index (χ4n) is 3.16. The first kappa shape index (κ1) is 25.0. The molecule has 0 aliphatic carbocycles. The fourth-order valence-corrected chi connectivity index (χ4v) is 3.16. The summed E-state index contributed by atoms with van der Waals surface area (Å²) >= 11 is 0. The monoisotopic (exact) mass is 448 g/mol. The van der Waals surface area contributed by atoms with E-state index in [1.807, 2.05) is 30.3 Å². The highest BCUT2D eigenvalue weighted by molar-refractivity contribution is 6.34.